The molecule has 1 aliphatic heterocycles. The van der Waals surface area contributed by atoms with Crippen LogP contribution in [0, 0.1) is 5.82 Å². The second kappa shape index (κ2) is 10.3. The van der Waals surface area contributed by atoms with Gasteiger partial charge < -0.3 is 9.15 Å². The second-order valence-electron chi connectivity index (χ2n) is 8.61. The van der Waals surface area contributed by atoms with Gasteiger partial charge in [0.15, 0.2) is 0 Å². The molecule has 4 aromatic rings. The zero-order valence-corrected chi connectivity index (χ0v) is 19.4. The third kappa shape index (κ3) is 4.97. The first-order chi connectivity index (χ1) is 16.7. The van der Waals surface area contributed by atoms with Gasteiger partial charge in [0.25, 0.3) is 0 Å². The summed E-state index contributed by atoms with van der Waals surface area (Å²) < 4.78 is 25.9. The minimum absolute atomic E-state index is 0.231. The topological polar surface area (TPSA) is 46.7 Å². The van der Waals surface area contributed by atoms with Crippen molar-refractivity contribution in [2.45, 2.75) is 6.54 Å². The van der Waals surface area contributed by atoms with Gasteiger partial charge in [-0.25, -0.2) is 9.07 Å². The number of methoxy groups -OCH3 is 1. The fourth-order valence-electron chi connectivity index (χ4n) is 4.47. The van der Waals surface area contributed by atoms with Crippen molar-refractivity contribution in [2.24, 2.45) is 0 Å². The Labute approximate surface area is 199 Å². The average Bonchev–Trinajstić information content (AvgIpc) is 3.54. The van der Waals surface area contributed by atoms with Crippen LogP contribution >= 0.6 is 0 Å². The first-order valence-electron chi connectivity index (χ1n) is 11.6. The number of aromatic nitrogens is 2. The van der Waals surface area contributed by atoms with E-state index in [0.717, 1.165) is 73.9 Å². The number of hydrogen-bond acceptors (Lipinski definition) is 5. The largest absolute Gasteiger partial charge is 0.472 e. The van der Waals surface area contributed by atoms with Gasteiger partial charge in [0, 0.05) is 57.5 Å². The summed E-state index contributed by atoms with van der Waals surface area (Å²) in [5, 5.41) is 4.75. The van der Waals surface area contributed by atoms with Crippen molar-refractivity contribution in [1.82, 2.24) is 19.6 Å². The van der Waals surface area contributed by atoms with Gasteiger partial charge in [0.1, 0.15) is 5.82 Å². The molecule has 0 amide bonds. The highest BCUT2D eigenvalue weighted by Gasteiger charge is 2.21. The molecule has 1 fully saturated rings. The normalized spacial score (nSPS) is 15.1. The molecule has 6 nitrogen and oxygen atoms in total. The summed E-state index contributed by atoms with van der Waals surface area (Å²) in [5.74, 6) is -0.231. The molecule has 1 saturated heterocycles. The van der Waals surface area contributed by atoms with Crippen LogP contribution in [0.15, 0.2) is 77.7 Å². The molecule has 0 radical (unpaired) electrons. The Kier molecular flexibility index (Phi) is 6.85. The Morgan fingerprint density at radius 3 is 2.21 bits per heavy atom. The molecule has 0 saturated carbocycles. The summed E-state index contributed by atoms with van der Waals surface area (Å²) in [7, 11) is 1.75. The number of benzene rings is 2. The Bertz CT molecular complexity index is 1180. The third-order valence-corrected chi connectivity index (χ3v) is 6.40. The molecule has 0 aliphatic carbocycles. The minimum atomic E-state index is -0.231. The number of furan rings is 1. The fourth-order valence-corrected chi connectivity index (χ4v) is 4.47. The van der Waals surface area contributed by atoms with E-state index in [-0.39, 0.29) is 5.82 Å². The average molecular weight is 461 g/mol. The van der Waals surface area contributed by atoms with Crippen LogP contribution in [-0.2, 0) is 11.3 Å². The van der Waals surface area contributed by atoms with Gasteiger partial charge in [-0.05, 0) is 41.5 Å². The monoisotopic (exact) mass is 460 g/mol. The van der Waals surface area contributed by atoms with E-state index < -0.39 is 0 Å². The molecule has 5 rings (SSSR count). The molecule has 0 bridgehead atoms. The Morgan fingerprint density at radius 2 is 1.56 bits per heavy atom. The van der Waals surface area contributed by atoms with Crippen molar-refractivity contribution in [3.8, 4) is 28.1 Å². The maximum atomic E-state index is 13.3. The Morgan fingerprint density at radius 1 is 0.882 bits per heavy atom. The molecule has 2 aromatic carbocycles. The molecular formula is C27H29FN4O2. The van der Waals surface area contributed by atoms with Crippen LogP contribution in [0.4, 0.5) is 4.39 Å². The van der Waals surface area contributed by atoms with Crippen molar-refractivity contribution in [2.75, 3.05) is 46.4 Å². The number of piperazine rings is 1. The highest BCUT2D eigenvalue weighted by Crippen LogP contribution is 2.29. The summed E-state index contributed by atoms with van der Waals surface area (Å²) in [6, 6.07) is 16.7. The molecule has 0 atom stereocenters. The van der Waals surface area contributed by atoms with E-state index in [0.29, 0.717) is 0 Å². The lowest BCUT2D eigenvalue weighted by atomic mass is 10.1. The van der Waals surface area contributed by atoms with Gasteiger partial charge in [0.05, 0.1) is 36.7 Å². The van der Waals surface area contributed by atoms with E-state index in [9.17, 15) is 4.39 Å². The maximum Gasteiger partial charge on any atom is 0.123 e. The molecule has 34 heavy (non-hydrogen) atoms. The number of ether oxygens (including phenoxy) is 1. The van der Waals surface area contributed by atoms with Gasteiger partial charge in [0.2, 0.25) is 0 Å². The standard InChI is InChI=1S/C27H29FN4O2/c1-33-17-15-30-11-13-31(14-12-30)19-24-18-29-32(27(24)23-10-16-34-20-23)26-8-4-22(5-9-26)21-2-6-25(28)7-3-21/h2-10,16,18,20H,11-15,17,19H2,1H3. The van der Waals surface area contributed by atoms with E-state index in [2.05, 4.69) is 9.80 Å². The second-order valence-corrected chi connectivity index (χ2v) is 8.61. The lowest BCUT2D eigenvalue weighted by Crippen LogP contribution is -2.46. The predicted octanol–water partition coefficient (Wildman–Crippen LogP) is 4.70. The van der Waals surface area contributed by atoms with Gasteiger partial charge in [-0.15, -0.1) is 0 Å². The van der Waals surface area contributed by atoms with Gasteiger partial charge in [-0.3, -0.25) is 9.80 Å². The van der Waals surface area contributed by atoms with Crippen molar-refractivity contribution in [1.29, 1.82) is 0 Å². The quantitative estimate of drug-likeness (QED) is 0.381. The number of hydrogen-bond donors (Lipinski definition) is 0. The highest BCUT2D eigenvalue weighted by atomic mass is 19.1. The molecule has 1 aliphatic rings. The lowest BCUT2D eigenvalue weighted by molar-refractivity contribution is 0.0939. The lowest BCUT2D eigenvalue weighted by Gasteiger charge is -2.34. The first kappa shape index (κ1) is 22.5. The Hall–Kier alpha value is -3.26. The van der Waals surface area contributed by atoms with Crippen LogP contribution in [0.25, 0.3) is 28.1 Å². The summed E-state index contributed by atoms with van der Waals surface area (Å²) in [4.78, 5) is 4.93. The molecule has 3 heterocycles. The molecule has 0 unspecified atom stereocenters. The Balaban J connectivity index is 1.37. The van der Waals surface area contributed by atoms with Crippen LogP contribution in [0.3, 0.4) is 0 Å². The van der Waals surface area contributed by atoms with E-state index in [1.165, 1.54) is 17.7 Å². The van der Waals surface area contributed by atoms with E-state index in [1.807, 2.05) is 41.2 Å². The molecule has 2 aromatic heterocycles. The van der Waals surface area contributed by atoms with Crippen molar-refractivity contribution in [3.05, 3.63) is 84.7 Å². The van der Waals surface area contributed by atoms with Crippen LogP contribution in [-0.4, -0.2) is 66.0 Å². The summed E-state index contributed by atoms with van der Waals surface area (Å²) in [5.41, 5.74) is 6.21. The van der Waals surface area contributed by atoms with Crippen LogP contribution < -0.4 is 0 Å². The van der Waals surface area contributed by atoms with E-state index in [4.69, 9.17) is 14.3 Å². The summed E-state index contributed by atoms with van der Waals surface area (Å²) in [6.45, 7) is 6.73. The summed E-state index contributed by atoms with van der Waals surface area (Å²) in [6.07, 6.45) is 5.43. The summed E-state index contributed by atoms with van der Waals surface area (Å²) >= 11 is 0. The van der Waals surface area contributed by atoms with Crippen LogP contribution in [0.5, 0.6) is 0 Å². The van der Waals surface area contributed by atoms with Crippen LogP contribution in [0.1, 0.15) is 5.56 Å². The SMILES string of the molecule is COCCN1CCN(Cc2cnn(-c3ccc(-c4ccc(F)cc4)cc3)c2-c2ccoc2)CC1. The number of rotatable bonds is 8. The minimum Gasteiger partial charge on any atom is -0.472 e. The van der Waals surface area contributed by atoms with Gasteiger partial charge in [-0.2, -0.15) is 5.10 Å². The van der Waals surface area contributed by atoms with E-state index in [1.54, 1.807) is 31.8 Å². The molecule has 7 heteroatoms. The zero-order chi connectivity index (χ0) is 23.3. The first-order valence-corrected chi connectivity index (χ1v) is 11.6. The maximum absolute atomic E-state index is 13.3. The van der Waals surface area contributed by atoms with Crippen LogP contribution in [0.2, 0.25) is 0 Å². The van der Waals surface area contributed by atoms with Crippen molar-refractivity contribution >= 4 is 0 Å². The zero-order valence-electron chi connectivity index (χ0n) is 19.4. The van der Waals surface area contributed by atoms with Gasteiger partial charge in [-0.1, -0.05) is 24.3 Å². The van der Waals surface area contributed by atoms with Crippen molar-refractivity contribution < 1.29 is 13.5 Å². The predicted molar refractivity (Wildman–Crippen MR) is 130 cm³/mol. The fraction of sp³-hybridized carbons (Fsp3) is 0.296. The molecular weight excluding hydrogens is 431 g/mol. The van der Waals surface area contributed by atoms with Gasteiger partial charge >= 0.3 is 0 Å². The number of halogens is 1. The molecule has 0 spiro atoms. The van der Waals surface area contributed by atoms with E-state index >= 15 is 0 Å². The number of nitrogens with zero attached hydrogens (tertiary/aromatic N) is 4. The smallest absolute Gasteiger partial charge is 0.123 e. The third-order valence-electron chi connectivity index (χ3n) is 6.40. The highest BCUT2D eigenvalue weighted by molar-refractivity contribution is 5.67. The molecule has 176 valence electrons. The van der Waals surface area contributed by atoms with Crippen molar-refractivity contribution in [3.63, 3.8) is 0 Å². The molecule has 0 N–H and O–H groups in total.